The zero-order chi connectivity index (χ0) is 34.5. The summed E-state index contributed by atoms with van der Waals surface area (Å²) < 4.78 is 12.6. The van der Waals surface area contributed by atoms with Crippen LogP contribution in [0.2, 0.25) is 0 Å². The Balaban J connectivity index is 1.42. The molecule has 5 heterocycles. The first kappa shape index (κ1) is 34.2. The number of aryl methyl sites for hydroxylation is 1. The second-order valence-corrected chi connectivity index (χ2v) is 12.9. The minimum absolute atomic E-state index is 0.0992. The molecular formula is C36H47N9O4. The molecule has 1 atom stereocenters. The number of pyridine rings is 1. The summed E-state index contributed by atoms with van der Waals surface area (Å²) in [6.07, 6.45) is 9.11. The molecule has 0 radical (unpaired) electrons. The van der Waals surface area contributed by atoms with Gasteiger partial charge >= 0.3 is 0 Å². The Bertz CT molecular complexity index is 1810. The van der Waals surface area contributed by atoms with Gasteiger partial charge in [0.2, 0.25) is 0 Å². The van der Waals surface area contributed by atoms with E-state index >= 15 is 0 Å². The van der Waals surface area contributed by atoms with Gasteiger partial charge in [-0.05, 0) is 75.7 Å². The van der Waals surface area contributed by atoms with E-state index in [-0.39, 0.29) is 17.7 Å². The number of piperidine rings is 1. The molecule has 260 valence electrons. The van der Waals surface area contributed by atoms with Gasteiger partial charge in [0.05, 0.1) is 47.9 Å². The van der Waals surface area contributed by atoms with E-state index in [9.17, 15) is 9.90 Å². The number of nitrogens with one attached hydrogen (secondary N) is 2. The molecule has 13 nitrogen and oxygen atoms in total. The number of benzene rings is 1. The predicted molar refractivity (Wildman–Crippen MR) is 192 cm³/mol. The maximum atomic E-state index is 13.1. The number of aromatic hydroxyl groups is 1. The van der Waals surface area contributed by atoms with Gasteiger partial charge in [-0.25, -0.2) is 9.51 Å². The molecule has 5 N–H and O–H groups in total. The van der Waals surface area contributed by atoms with Crippen molar-refractivity contribution >= 4 is 34.3 Å². The molecule has 0 aliphatic carbocycles. The fourth-order valence-corrected chi connectivity index (χ4v) is 6.59. The highest BCUT2D eigenvalue weighted by Gasteiger charge is 2.26. The number of ether oxygens (including phenoxy) is 2. The number of fused-ring (bicyclic) bond motifs is 1. The Morgan fingerprint density at radius 2 is 2.00 bits per heavy atom. The minimum Gasteiger partial charge on any atom is -0.508 e. The van der Waals surface area contributed by atoms with Crippen LogP contribution in [-0.2, 0) is 15.9 Å². The van der Waals surface area contributed by atoms with E-state index in [0.29, 0.717) is 61.6 Å². The monoisotopic (exact) mass is 669 g/mol. The smallest absolute Gasteiger partial charge is 0.270 e. The first-order valence-corrected chi connectivity index (χ1v) is 17.0. The number of aromatic nitrogens is 3. The van der Waals surface area contributed by atoms with E-state index in [1.54, 1.807) is 37.7 Å². The molecule has 2 aliphatic rings. The van der Waals surface area contributed by atoms with E-state index in [1.165, 1.54) is 0 Å². The summed E-state index contributed by atoms with van der Waals surface area (Å²) in [5, 5.41) is 21.4. The van der Waals surface area contributed by atoms with Crippen molar-refractivity contribution in [2.45, 2.75) is 44.7 Å². The highest BCUT2D eigenvalue weighted by Crippen LogP contribution is 2.37. The van der Waals surface area contributed by atoms with E-state index in [4.69, 9.17) is 25.3 Å². The zero-order valence-corrected chi connectivity index (χ0v) is 28.8. The number of hydrogen-bond donors (Lipinski definition) is 4. The summed E-state index contributed by atoms with van der Waals surface area (Å²) in [4.78, 5) is 27.1. The van der Waals surface area contributed by atoms with Crippen molar-refractivity contribution in [3.05, 3.63) is 65.7 Å². The Morgan fingerprint density at radius 1 is 1.18 bits per heavy atom. The highest BCUT2D eigenvalue weighted by atomic mass is 16.5. The van der Waals surface area contributed by atoms with Gasteiger partial charge in [0.15, 0.2) is 0 Å². The van der Waals surface area contributed by atoms with Crippen LogP contribution in [0.25, 0.3) is 16.6 Å². The van der Waals surface area contributed by atoms with Crippen molar-refractivity contribution in [3.8, 4) is 16.9 Å². The lowest BCUT2D eigenvalue weighted by Gasteiger charge is -2.37. The summed E-state index contributed by atoms with van der Waals surface area (Å²) in [6, 6.07) is 9.70. The quantitative estimate of drug-likeness (QED) is 0.0995. The number of carbonyl (C=O) groups is 1. The van der Waals surface area contributed by atoms with Gasteiger partial charge in [-0.15, -0.1) is 0 Å². The Labute approximate surface area is 287 Å². The van der Waals surface area contributed by atoms with Crippen LogP contribution < -0.4 is 21.3 Å². The second kappa shape index (κ2) is 15.2. The van der Waals surface area contributed by atoms with Crippen molar-refractivity contribution in [1.82, 2.24) is 24.8 Å². The molecule has 2 fully saturated rings. The molecule has 6 rings (SSSR count). The summed E-state index contributed by atoms with van der Waals surface area (Å²) >= 11 is 0. The number of carbonyl (C=O) groups excluding carboxylic acids is 1. The number of amides is 1. The van der Waals surface area contributed by atoms with Crippen LogP contribution in [0.1, 0.15) is 47.8 Å². The van der Waals surface area contributed by atoms with Crippen molar-refractivity contribution in [2.24, 2.45) is 10.7 Å². The molecule has 0 saturated carbocycles. The maximum absolute atomic E-state index is 13.1. The van der Waals surface area contributed by atoms with Gasteiger partial charge in [0.1, 0.15) is 17.3 Å². The molecule has 49 heavy (non-hydrogen) atoms. The molecule has 0 bridgehead atoms. The number of aliphatic imine (C=N–C) groups is 1. The third-order valence-electron chi connectivity index (χ3n) is 9.43. The SMILES string of the molecule is CCc1cc(O)ccc1N=C(N)c1cnn2cc(-c3cnc(C(=O)NCCOC)cc3N3CCC(N(C)C)CC3)cc2c1N[C@@H]1CCOC1. The number of amidine groups is 1. The van der Waals surface area contributed by atoms with Gasteiger partial charge < -0.3 is 40.7 Å². The number of nitrogens with zero attached hydrogens (tertiary/aromatic N) is 6. The third-order valence-corrected chi connectivity index (χ3v) is 9.43. The van der Waals surface area contributed by atoms with Crippen LogP contribution >= 0.6 is 0 Å². The lowest BCUT2D eigenvalue weighted by molar-refractivity contribution is 0.0932. The van der Waals surface area contributed by atoms with Crippen LogP contribution in [0.5, 0.6) is 5.75 Å². The number of nitrogens with two attached hydrogens (primary N) is 1. The highest BCUT2D eigenvalue weighted by molar-refractivity contribution is 6.07. The van der Waals surface area contributed by atoms with Crippen LogP contribution in [0.15, 0.2) is 53.9 Å². The van der Waals surface area contributed by atoms with Crippen LogP contribution in [0.3, 0.4) is 0 Å². The lowest BCUT2D eigenvalue weighted by Crippen LogP contribution is -2.42. The van der Waals surface area contributed by atoms with Gasteiger partial charge in [-0.3, -0.25) is 9.78 Å². The first-order valence-electron chi connectivity index (χ1n) is 17.0. The van der Waals surface area contributed by atoms with Crippen molar-refractivity contribution in [2.75, 3.05) is 70.9 Å². The fourth-order valence-electron chi connectivity index (χ4n) is 6.59. The molecular weight excluding hydrogens is 622 g/mol. The molecule has 2 aliphatic heterocycles. The molecule has 4 aromatic rings. The third kappa shape index (κ3) is 7.64. The van der Waals surface area contributed by atoms with Crippen molar-refractivity contribution < 1.29 is 19.4 Å². The largest absolute Gasteiger partial charge is 0.508 e. The van der Waals surface area contributed by atoms with Crippen LogP contribution in [-0.4, -0.2) is 109 Å². The summed E-state index contributed by atoms with van der Waals surface area (Å²) in [7, 11) is 5.86. The van der Waals surface area contributed by atoms with Crippen molar-refractivity contribution in [1.29, 1.82) is 0 Å². The summed E-state index contributed by atoms with van der Waals surface area (Å²) in [5.41, 5.74) is 13.8. The molecule has 13 heteroatoms. The Morgan fingerprint density at radius 3 is 2.71 bits per heavy atom. The van der Waals surface area contributed by atoms with Crippen LogP contribution in [0, 0.1) is 0 Å². The van der Waals surface area contributed by atoms with E-state index < -0.39 is 0 Å². The van der Waals surface area contributed by atoms with Crippen LogP contribution in [0.4, 0.5) is 17.1 Å². The number of hydrogen-bond acceptors (Lipinski definition) is 10. The van der Waals surface area contributed by atoms with Gasteiger partial charge in [-0.1, -0.05) is 6.92 Å². The molecule has 2 saturated heterocycles. The maximum Gasteiger partial charge on any atom is 0.270 e. The molecule has 1 aromatic carbocycles. The first-order chi connectivity index (χ1) is 23.7. The Kier molecular flexibility index (Phi) is 10.6. The second-order valence-electron chi connectivity index (χ2n) is 12.9. The number of methoxy groups -OCH3 is 1. The van der Waals surface area contributed by atoms with Crippen molar-refractivity contribution in [3.63, 3.8) is 0 Å². The lowest BCUT2D eigenvalue weighted by atomic mass is 10.0. The topological polar surface area (TPSA) is 155 Å². The standard InChI is InChI=1S/C36H47N9O4/c1-5-23-16-27(46)6-7-30(23)42-35(37)29-20-40-45-21-24(17-33(45)34(29)41-25-10-14-49-22-25)28-19-39-31(36(47)38-11-15-48-4)18-32(28)44-12-8-26(9-13-44)43(2)3/h6-7,16-21,25-26,41,46H,5,8-15,22H2,1-4H3,(H2,37,42)(H,38,47)/t25-/m1/s1. The number of anilines is 2. The van der Waals surface area contributed by atoms with E-state index in [0.717, 1.165) is 65.9 Å². The summed E-state index contributed by atoms with van der Waals surface area (Å²) in [5.74, 6) is 0.272. The normalized spacial score (nSPS) is 17.3. The molecule has 0 unspecified atom stereocenters. The van der Waals surface area contributed by atoms with Gasteiger partial charge in [0, 0.05) is 68.6 Å². The van der Waals surface area contributed by atoms with E-state index in [1.807, 2.05) is 23.7 Å². The predicted octanol–water partition coefficient (Wildman–Crippen LogP) is 3.81. The average molecular weight is 670 g/mol. The number of phenolic OH excluding ortho intramolecular Hbond substituents is 1. The van der Waals surface area contributed by atoms with E-state index in [2.05, 4.69) is 45.6 Å². The average Bonchev–Trinajstić information content (AvgIpc) is 3.79. The number of rotatable bonds is 12. The van der Waals surface area contributed by atoms with Gasteiger partial charge in [-0.2, -0.15) is 5.10 Å². The zero-order valence-electron chi connectivity index (χ0n) is 28.8. The summed E-state index contributed by atoms with van der Waals surface area (Å²) in [6.45, 7) is 5.83. The molecule has 0 spiro atoms. The number of phenols is 1. The minimum atomic E-state index is -0.235. The Hall–Kier alpha value is -4.72. The fraction of sp³-hybridized carbons (Fsp3) is 0.444. The van der Waals surface area contributed by atoms with Gasteiger partial charge in [0.25, 0.3) is 5.91 Å². The molecule has 1 amide bonds. The molecule has 3 aromatic heterocycles.